The van der Waals surface area contributed by atoms with E-state index in [4.69, 9.17) is 4.74 Å². The molecular formula is C13H13NO2. The summed E-state index contributed by atoms with van der Waals surface area (Å²) in [5.41, 5.74) is 1.07. The lowest BCUT2D eigenvalue weighted by Gasteiger charge is -2.06. The molecule has 0 atom stereocenters. The van der Waals surface area contributed by atoms with Crippen molar-refractivity contribution in [3.8, 4) is 0 Å². The number of hydrogen-bond acceptors (Lipinski definition) is 3. The molecule has 0 bridgehead atoms. The molecule has 0 spiro atoms. The molecule has 0 saturated heterocycles. The first kappa shape index (κ1) is 10.6. The van der Waals surface area contributed by atoms with Crippen LogP contribution in [0, 0.1) is 0 Å². The number of nitrogens with zero attached hydrogens (tertiary/aromatic N) is 1. The Kier molecular flexibility index (Phi) is 3.49. The number of rotatable bonds is 2. The Morgan fingerprint density at radius 3 is 2.88 bits per heavy atom. The number of aliphatic imine (C=N–C) groups is 1. The molecule has 0 unspecified atom stereocenters. The minimum absolute atomic E-state index is 0.139. The van der Waals surface area contributed by atoms with Crippen LogP contribution in [-0.2, 0) is 16.1 Å². The minimum Gasteiger partial charge on any atom is -0.476 e. The highest BCUT2D eigenvalue weighted by atomic mass is 16.5. The quantitative estimate of drug-likeness (QED) is 0.760. The van der Waals surface area contributed by atoms with E-state index >= 15 is 0 Å². The summed E-state index contributed by atoms with van der Waals surface area (Å²) in [4.78, 5) is 15.4. The number of Topliss-reactive ketones (excluding diaryl/α,β-unsaturated/α-hetero) is 1. The van der Waals surface area contributed by atoms with Crippen molar-refractivity contribution in [1.82, 2.24) is 0 Å². The van der Waals surface area contributed by atoms with Crippen molar-refractivity contribution in [3.05, 3.63) is 48.2 Å². The number of ether oxygens (including phenoxy) is 1. The van der Waals surface area contributed by atoms with Crippen molar-refractivity contribution < 1.29 is 9.53 Å². The molecule has 0 aliphatic carbocycles. The van der Waals surface area contributed by atoms with Crippen LogP contribution in [0.2, 0.25) is 0 Å². The zero-order valence-electron chi connectivity index (χ0n) is 8.93. The van der Waals surface area contributed by atoms with E-state index in [0.717, 1.165) is 5.56 Å². The average Bonchev–Trinajstić information content (AvgIpc) is 2.52. The Morgan fingerprint density at radius 1 is 1.25 bits per heavy atom. The molecule has 1 aliphatic heterocycles. The van der Waals surface area contributed by atoms with Crippen LogP contribution in [-0.4, -0.2) is 11.7 Å². The predicted octanol–water partition coefficient (Wildman–Crippen LogP) is 2.48. The highest BCUT2D eigenvalue weighted by Crippen LogP contribution is 2.06. The van der Waals surface area contributed by atoms with Gasteiger partial charge in [-0.2, -0.15) is 0 Å². The SMILES string of the molecule is O=C1CC=CN=C(OCc2ccccc2)C1. The summed E-state index contributed by atoms with van der Waals surface area (Å²) in [6, 6.07) is 9.83. The Labute approximate surface area is 94.5 Å². The molecule has 1 aromatic carbocycles. The topological polar surface area (TPSA) is 38.7 Å². The van der Waals surface area contributed by atoms with Gasteiger partial charge in [-0.1, -0.05) is 36.4 Å². The second-order valence-corrected chi connectivity index (χ2v) is 3.60. The van der Waals surface area contributed by atoms with E-state index in [1.807, 2.05) is 30.3 Å². The summed E-state index contributed by atoms with van der Waals surface area (Å²) < 4.78 is 5.50. The summed E-state index contributed by atoms with van der Waals surface area (Å²) in [6.45, 7) is 0.459. The van der Waals surface area contributed by atoms with Gasteiger partial charge in [-0.3, -0.25) is 4.79 Å². The lowest BCUT2D eigenvalue weighted by atomic mass is 10.2. The standard InChI is InChI=1S/C13H13NO2/c15-12-7-4-8-14-13(9-12)16-10-11-5-2-1-3-6-11/h1-6,8H,7,9-10H2. The summed E-state index contributed by atoms with van der Waals surface area (Å²) in [6.07, 6.45) is 4.12. The van der Waals surface area contributed by atoms with Crippen molar-refractivity contribution in [3.63, 3.8) is 0 Å². The van der Waals surface area contributed by atoms with Gasteiger partial charge in [0.2, 0.25) is 0 Å². The highest BCUT2D eigenvalue weighted by molar-refractivity contribution is 5.99. The number of allylic oxidation sites excluding steroid dienone is 1. The van der Waals surface area contributed by atoms with Gasteiger partial charge in [-0.15, -0.1) is 0 Å². The molecule has 0 saturated carbocycles. The van der Waals surface area contributed by atoms with Gasteiger partial charge in [0.15, 0.2) is 5.90 Å². The summed E-state index contributed by atoms with van der Waals surface area (Å²) in [5, 5.41) is 0. The average molecular weight is 215 g/mol. The zero-order chi connectivity index (χ0) is 11.2. The number of carbonyl (C=O) groups is 1. The summed E-state index contributed by atoms with van der Waals surface area (Å²) in [7, 11) is 0. The molecule has 1 aliphatic rings. The van der Waals surface area contributed by atoms with Gasteiger partial charge < -0.3 is 4.74 Å². The fourth-order valence-corrected chi connectivity index (χ4v) is 1.44. The van der Waals surface area contributed by atoms with E-state index in [1.165, 1.54) is 0 Å². The third-order valence-corrected chi connectivity index (χ3v) is 2.27. The van der Waals surface area contributed by atoms with Crippen molar-refractivity contribution in [2.45, 2.75) is 19.4 Å². The number of hydrogen-bond donors (Lipinski definition) is 0. The first-order chi connectivity index (χ1) is 7.84. The number of benzene rings is 1. The van der Waals surface area contributed by atoms with Crippen LogP contribution in [0.4, 0.5) is 0 Å². The van der Waals surface area contributed by atoms with Crippen LogP contribution in [0.3, 0.4) is 0 Å². The second kappa shape index (κ2) is 5.26. The van der Waals surface area contributed by atoms with Crippen LogP contribution >= 0.6 is 0 Å². The van der Waals surface area contributed by atoms with Crippen molar-refractivity contribution >= 4 is 11.7 Å². The van der Waals surface area contributed by atoms with Gasteiger partial charge in [-0.05, 0) is 5.56 Å². The third-order valence-electron chi connectivity index (χ3n) is 2.27. The molecule has 3 heteroatoms. The van der Waals surface area contributed by atoms with Gasteiger partial charge in [0, 0.05) is 12.6 Å². The smallest absolute Gasteiger partial charge is 0.195 e. The van der Waals surface area contributed by atoms with Crippen LogP contribution in [0.1, 0.15) is 18.4 Å². The molecule has 0 fully saturated rings. The lowest BCUT2D eigenvalue weighted by molar-refractivity contribution is -0.117. The van der Waals surface area contributed by atoms with E-state index in [9.17, 15) is 4.79 Å². The Hall–Kier alpha value is -1.90. The fraction of sp³-hybridized carbons (Fsp3) is 0.231. The normalized spacial score (nSPS) is 15.5. The van der Waals surface area contributed by atoms with E-state index < -0.39 is 0 Å². The molecule has 16 heavy (non-hydrogen) atoms. The summed E-state index contributed by atoms with van der Waals surface area (Å²) >= 11 is 0. The molecule has 2 rings (SSSR count). The van der Waals surface area contributed by atoms with Gasteiger partial charge in [0.1, 0.15) is 12.4 Å². The van der Waals surface area contributed by atoms with Crippen LogP contribution in [0.5, 0.6) is 0 Å². The van der Waals surface area contributed by atoms with Gasteiger partial charge in [0.05, 0.1) is 6.42 Å². The molecule has 82 valence electrons. The van der Waals surface area contributed by atoms with Gasteiger partial charge in [0.25, 0.3) is 0 Å². The highest BCUT2D eigenvalue weighted by Gasteiger charge is 2.09. The Morgan fingerprint density at radius 2 is 2.06 bits per heavy atom. The van der Waals surface area contributed by atoms with Gasteiger partial charge >= 0.3 is 0 Å². The van der Waals surface area contributed by atoms with E-state index in [2.05, 4.69) is 4.99 Å². The molecule has 0 radical (unpaired) electrons. The molecule has 0 amide bonds. The third kappa shape index (κ3) is 3.05. The maximum absolute atomic E-state index is 11.3. The first-order valence-electron chi connectivity index (χ1n) is 5.25. The maximum atomic E-state index is 11.3. The Bertz CT molecular complexity index is 421. The van der Waals surface area contributed by atoms with Crippen molar-refractivity contribution in [2.24, 2.45) is 4.99 Å². The zero-order valence-corrected chi connectivity index (χ0v) is 8.93. The van der Waals surface area contributed by atoms with Crippen LogP contribution in [0.25, 0.3) is 0 Å². The van der Waals surface area contributed by atoms with E-state index in [-0.39, 0.29) is 5.78 Å². The lowest BCUT2D eigenvalue weighted by Crippen LogP contribution is -2.09. The molecule has 0 N–H and O–H groups in total. The maximum Gasteiger partial charge on any atom is 0.195 e. The first-order valence-corrected chi connectivity index (χ1v) is 5.25. The number of ketones is 1. The molecule has 3 nitrogen and oxygen atoms in total. The van der Waals surface area contributed by atoms with Crippen molar-refractivity contribution in [2.75, 3.05) is 0 Å². The van der Waals surface area contributed by atoms with Crippen molar-refractivity contribution in [1.29, 1.82) is 0 Å². The largest absolute Gasteiger partial charge is 0.476 e. The number of carbonyl (C=O) groups excluding carboxylic acids is 1. The molecule has 1 aromatic rings. The minimum atomic E-state index is 0.139. The molecular weight excluding hydrogens is 202 g/mol. The van der Waals surface area contributed by atoms with Gasteiger partial charge in [-0.25, -0.2) is 4.99 Å². The molecule has 0 aromatic heterocycles. The monoisotopic (exact) mass is 215 g/mol. The Balaban J connectivity index is 1.93. The van der Waals surface area contributed by atoms with E-state index in [0.29, 0.717) is 25.3 Å². The van der Waals surface area contributed by atoms with E-state index in [1.54, 1.807) is 12.3 Å². The van der Waals surface area contributed by atoms with Crippen LogP contribution < -0.4 is 0 Å². The second-order valence-electron chi connectivity index (χ2n) is 3.60. The molecule has 1 heterocycles. The predicted molar refractivity (Wildman–Crippen MR) is 62.0 cm³/mol. The van der Waals surface area contributed by atoms with Crippen LogP contribution in [0.15, 0.2) is 47.6 Å². The fourth-order valence-electron chi connectivity index (χ4n) is 1.44. The summed E-state index contributed by atoms with van der Waals surface area (Å²) in [5.74, 6) is 0.642.